The summed E-state index contributed by atoms with van der Waals surface area (Å²) < 4.78 is 0. The molecule has 0 aliphatic heterocycles. The Hall–Kier alpha value is 1.59. The fraction of sp³-hybridized carbons (Fsp3) is 0.167. The molecule has 0 atom stereocenters. The molecular formula is C6H8KNaO2. The molecule has 0 N–H and O–H groups in total. The molecule has 0 heterocycles. The second kappa shape index (κ2) is 13.2. The van der Waals surface area contributed by atoms with Crippen LogP contribution < -0.4 is 56.5 Å². The van der Waals surface area contributed by atoms with E-state index in [1.807, 2.05) is 0 Å². The number of carboxylic acid groups (broad SMARTS) is 1. The van der Waals surface area contributed by atoms with Gasteiger partial charge in [-0.15, -0.1) is 0 Å². The molecule has 0 spiro atoms. The summed E-state index contributed by atoms with van der Waals surface area (Å²) in [6, 6.07) is 0. The fourth-order valence-corrected chi connectivity index (χ4v) is 0.245. The zero-order chi connectivity index (χ0) is 6.41. The van der Waals surface area contributed by atoms with Crippen molar-refractivity contribution in [2.45, 2.75) is 6.92 Å². The third-order valence-electron chi connectivity index (χ3n) is 0.536. The predicted molar refractivity (Wildman–Crippen MR) is 36.1 cm³/mol. The number of carboxylic acids is 1. The molecule has 0 rings (SSSR count). The standard InChI is InChI=1S/C6H8O2.K.Na.H/c1-2-3-4-5-6(7)8;;;/h2-5H,1H3,(H,7,8);;;/q;+1;;/p-1. The van der Waals surface area contributed by atoms with Crippen LogP contribution in [0.25, 0.3) is 0 Å². The first-order valence-electron chi connectivity index (χ1n) is 2.27. The van der Waals surface area contributed by atoms with E-state index in [0.717, 1.165) is 6.08 Å². The van der Waals surface area contributed by atoms with Crippen LogP contribution in [0.1, 0.15) is 6.92 Å². The molecule has 4 heteroatoms. The van der Waals surface area contributed by atoms with Crippen molar-refractivity contribution in [3.05, 3.63) is 24.3 Å². The molecule has 0 saturated carbocycles. The van der Waals surface area contributed by atoms with Gasteiger partial charge in [0, 0.05) is 0 Å². The van der Waals surface area contributed by atoms with Gasteiger partial charge in [-0.1, -0.05) is 18.2 Å². The molecule has 0 saturated heterocycles. The van der Waals surface area contributed by atoms with Crippen molar-refractivity contribution in [1.82, 2.24) is 0 Å². The molecule has 0 aliphatic rings. The van der Waals surface area contributed by atoms with Crippen molar-refractivity contribution >= 4 is 35.5 Å². The first kappa shape index (κ1) is 17.6. The minimum absolute atomic E-state index is 0. The molecule has 0 aromatic rings. The summed E-state index contributed by atoms with van der Waals surface area (Å²) in [5, 5.41) is 9.64. The first-order chi connectivity index (χ1) is 3.77. The van der Waals surface area contributed by atoms with Crippen LogP contribution in [0, 0.1) is 0 Å². The van der Waals surface area contributed by atoms with Gasteiger partial charge in [-0.3, -0.25) is 0 Å². The normalized spacial score (nSPS) is 8.90. The van der Waals surface area contributed by atoms with E-state index < -0.39 is 5.97 Å². The second-order valence-electron chi connectivity index (χ2n) is 1.20. The number of carbonyl (C=O) groups excluding carboxylic acids is 1. The average molecular weight is 174 g/mol. The quantitative estimate of drug-likeness (QED) is 0.245. The monoisotopic (exact) mass is 174 g/mol. The van der Waals surface area contributed by atoms with Gasteiger partial charge in [0.25, 0.3) is 0 Å². The van der Waals surface area contributed by atoms with Gasteiger partial charge in [-0.25, -0.2) is 0 Å². The first-order valence-corrected chi connectivity index (χ1v) is 2.27. The van der Waals surface area contributed by atoms with Crippen LogP contribution in [0.2, 0.25) is 0 Å². The van der Waals surface area contributed by atoms with E-state index in [0.29, 0.717) is 0 Å². The molecule has 0 radical (unpaired) electrons. The number of rotatable bonds is 2. The number of allylic oxidation sites excluding steroid dienone is 3. The van der Waals surface area contributed by atoms with Gasteiger partial charge in [0.05, 0.1) is 5.97 Å². The van der Waals surface area contributed by atoms with Crippen LogP contribution in [0.4, 0.5) is 0 Å². The van der Waals surface area contributed by atoms with E-state index in [2.05, 4.69) is 0 Å². The van der Waals surface area contributed by atoms with Crippen LogP contribution in [-0.2, 0) is 4.79 Å². The predicted octanol–water partition coefficient (Wildman–Crippen LogP) is -3.78. The Morgan fingerprint density at radius 2 is 1.90 bits per heavy atom. The van der Waals surface area contributed by atoms with E-state index in [1.54, 1.807) is 19.1 Å². The van der Waals surface area contributed by atoms with E-state index >= 15 is 0 Å². The van der Waals surface area contributed by atoms with Crippen molar-refractivity contribution in [2.75, 3.05) is 0 Å². The summed E-state index contributed by atoms with van der Waals surface area (Å²) in [5.74, 6) is -1.16. The van der Waals surface area contributed by atoms with Crippen molar-refractivity contribution in [2.24, 2.45) is 0 Å². The molecule has 0 aromatic heterocycles. The Morgan fingerprint density at radius 3 is 2.20 bits per heavy atom. The topological polar surface area (TPSA) is 40.1 Å². The fourth-order valence-electron chi connectivity index (χ4n) is 0.245. The number of aliphatic carboxylic acids is 1. The zero-order valence-corrected chi connectivity index (χ0v) is 8.75. The Labute approximate surface area is 125 Å². The summed E-state index contributed by atoms with van der Waals surface area (Å²) in [4.78, 5) is 9.64. The van der Waals surface area contributed by atoms with Gasteiger partial charge in [0.1, 0.15) is 0 Å². The Bertz CT molecular complexity index is 132. The summed E-state index contributed by atoms with van der Waals surface area (Å²) in [5.41, 5.74) is 0. The SMILES string of the molecule is CC=CC=CC(=O)[O-].[K+].[NaH]. The summed E-state index contributed by atoms with van der Waals surface area (Å²) in [6.45, 7) is 1.81. The van der Waals surface area contributed by atoms with Crippen LogP contribution >= 0.6 is 0 Å². The van der Waals surface area contributed by atoms with Gasteiger partial charge in [-0.2, -0.15) is 0 Å². The van der Waals surface area contributed by atoms with E-state index in [9.17, 15) is 9.90 Å². The van der Waals surface area contributed by atoms with Crippen LogP contribution in [0.15, 0.2) is 24.3 Å². The molecule has 0 aliphatic carbocycles. The van der Waals surface area contributed by atoms with Crippen molar-refractivity contribution in [3.8, 4) is 0 Å². The molecule has 0 bridgehead atoms. The molecule has 0 unspecified atom stereocenters. The summed E-state index contributed by atoms with van der Waals surface area (Å²) in [6.07, 6.45) is 5.74. The second-order valence-corrected chi connectivity index (χ2v) is 1.20. The van der Waals surface area contributed by atoms with Gasteiger partial charge in [0.2, 0.25) is 0 Å². The minimum atomic E-state index is -1.16. The maximum absolute atomic E-state index is 9.64. The molecule has 0 aromatic carbocycles. The summed E-state index contributed by atoms with van der Waals surface area (Å²) in [7, 11) is 0. The molecular weight excluding hydrogens is 166 g/mol. The van der Waals surface area contributed by atoms with Gasteiger partial charge < -0.3 is 9.90 Å². The van der Waals surface area contributed by atoms with Crippen molar-refractivity contribution in [1.29, 1.82) is 0 Å². The van der Waals surface area contributed by atoms with Crippen molar-refractivity contribution < 1.29 is 61.3 Å². The number of hydrogen-bond donors (Lipinski definition) is 0. The Morgan fingerprint density at radius 1 is 1.40 bits per heavy atom. The van der Waals surface area contributed by atoms with Gasteiger partial charge >= 0.3 is 80.9 Å². The van der Waals surface area contributed by atoms with Crippen LogP contribution in [0.5, 0.6) is 0 Å². The molecule has 10 heavy (non-hydrogen) atoms. The average Bonchev–Trinajstić information content (AvgIpc) is 1.66. The molecule has 2 nitrogen and oxygen atoms in total. The number of carbonyl (C=O) groups is 1. The van der Waals surface area contributed by atoms with Crippen molar-refractivity contribution in [3.63, 3.8) is 0 Å². The van der Waals surface area contributed by atoms with Gasteiger partial charge in [0.15, 0.2) is 0 Å². The van der Waals surface area contributed by atoms with E-state index in [-0.39, 0.29) is 80.9 Å². The van der Waals surface area contributed by atoms with E-state index in [4.69, 9.17) is 0 Å². The number of hydrogen-bond acceptors (Lipinski definition) is 2. The van der Waals surface area contributed by atoms with Crippen LogP contribution in [0.3, 0.4) is 0 Å². The third-order valence-corrected chi connectivity index (χ3v) is 0.536. The molecule has 46 valence electrons. The zero-order valence-electron chi connectivity index (χ0n) is 5.63. The Balaban J connectivity index is -0.000000245. The molecule has 0 amide bonds. The summed E-state index contributed by atoms with van der Waals surface area (Å²) >= 11 is 0. The Kier molecular flexibility index (Phi) is 23.2. The van der Waals surface area contributed by atoms with Crippen LogP contribution in [-0.4, -0.2) is 35.5 Å². The van der Waals surface area contributed by atoms with Gasteiger partial charge in [-0.05, 0) is 13.0 Å². The third kappa shape index (κ3) is 16.3. The van der Waals surface area contributed by atoms with E-state index in [1.165, 1.54) is 6.08 Å². The maximum atomic E-state index is 9.64. The molecule has 0 fully saturated rings.